The lowest BCUT2D eigenvalue weighted by atomic mass is 10.1. The molecule has 108 valence electrons. The van der Waals surface area contributed by atoms with E-state index in [4.69, 9.17) is 9.84 Å². The average Bonchev–Trinajstić information content (AvgIpc) is 2.46. The van der Waals surface area contributed by atoms with Gasteiger partial charge in [-0.2, -0.15) is 0 Å². The number of ether oxygens (including phenoxy) is 1. The average molecular weight is 279 g/mol. The Morgan fingerprint density at radius 2 is 2.30 bits per heavy atom. The third-order valence-corrected chi connectivity index (χ3v) is 2.69. The third kappa shape index (κ3) is 5.00. The second kappa shape index (κ2) is 8.31. The molecule has 0 aromatic heterocycles. The van der Waals surface area contributed by atoms with Crippen LogP contribution < -0.4 is 5.32 Å². The first-order chi connectivity index (χ1) is 9.58. The van der Waals surface area contributed by atoms with Crippen molar-refractivity contribution in [3.05, 3.63) is 35.1 Å². The molecule has 0 saturated heterocycles. The lowest BCUT2D eigenvalue weighted by molar-refractivity contribution is -0.130. The molecular formula is C15H18FNO3. The number of nitrogens with one attached hydrogen (secondary N) is 1. The summed E-state index contributed by atoms with van der Waals surface area (Å²) in [6.07, 6.45) is -0.208. The monoisotopic (exact) mass is 279 g/mol. The van der Waals surface area contributed by atoms with Crippen LogP contribution in [-0.4, -0.2) is 30.8 Å². The summed E-state index contributed by atoms with van der Waals surface area (Å²) in [7, 11) is 1.43. The normalized spacial score (nSPS) is 11.4. The molecule has 1 rings (SSSR count). The quantitative estimate of drug-likeness (QED) is 0.797. The maximum atomic E-state index is 13.6. The molecule has 1 aromatic rings. The van der Waals surface area contributed by atoms with Gasteiger partial charge in [0.25, 0.3) is 0 Å². The van der Waals surface area contributed by atoms with Crippen molar-refractivity contribution in [2.75, 3.05) is 13.7 Å². The number of halogens is 1. The van der Waals surface area contributed by atoms with Gasteiger partial charge < -0.3 is 15.2 Å². The molecule has 0 radical (unpaired) electrons. The predicted molar refractivity (Wildman–Crippen MR) is 73.3 cm³/mol. The smallest absolute Gasteiger partial charge is 0.249 e. The minimum atomic E-state index is -0.578. The largest absolute Gasteiger partial charge is 0.395 e. The molecule has 20 heavy (non-hydrogen) atoms. The van der Waals surface area contributed by atoms with E-state index >= 15 is 0 Å². The molecule has 0 fully saturated rings. The number of hydrogen-bond acceptors (Lipinski definition) is 3. The van der Waals surface area contributed by atoms with Crippen LogP contribution in [0.4, 0.5) is 4.39 Å². The van der Waals surface area contributed by atoms with Crippen LogP contribution in [0, 0.1) is 17.7 Å². The Morgan fingerprint density at radius 1 is 1.55 bits per heavy atom. The van der Waals surface area contributed by atoms with E-state index in [-0.39, 0.29) is 19.1 Å². The van der Waals surface area contributed by atoms with Gasteiger partial charge in [-0.1, -0.05) is 11.8 Å². The number of amides is 1. The molecule has 1 atom stereocenters. The van der Waals surface area contributed by atoms with Gasteiger partial charge >= 0.3 is 0 Å². The van der Waals surface area contributed by atoms with E-state index in [9.17, 15) is 9.18 Å². The molecule has 0 aliphatic heterocycles. The van der Waals surface area contributed by atoms with Gasteiger partial charge in [-0.25, -0.2) is 4.39 Å². The first-order valence-electron chi connectivity index (χ1n) is 6.27. The van der Waals surface area contributed by atoms with E-state index in [2.05, 4.69) is 17.2 Å². The van der Waals surface area contributed by atoms with Crippen LogP contribution in [0.15, 0.2) is 18.2 Å². The van der Waals surface area contributed by atoms with E-state index in [1.54, 1.807) is 19.1 Å². The van der Waals surface area contributed by atoms with E-state index in [1.165, 1.54) is 13.2 Å². The van der Waals surface area contributed by atoms with Crippen molar-refractivity contribution in [1.29, 1.82) is 0 Å². The number of methoxy groups -OCH3 is 1. The molecule has 0 heterocycles. The predicted octanol–water partition coefficient (Wildman–Crippen LogP) is 1.21. The SMILES string of the molecule is COC(C)C(=O)NCc1cc(C#CCCO)ccc1F. The number of rotatable bonds is 5. The van der Waals surface area contributed by atoms with E-state index in [0.29, 0.717) is 17.5 Å². The summed E-state index contributed by atoms with van der Waals surface area (Å²) in [6.45, 7) is 1.68. The lowest BCUT2D eigenvalue weighted by Gasteiger charge is -2.11. The van der Waals surface area contributed by atoms with Crippen LogP contribution in [0.25, 0.3) is 0 Å². The highest BCUT2D eigenvalue weighted by molar-refractivity contribution is 5.80. The maximum absolute atomic E-state index is 13.6. The van der Waals surface area contributed by atoms with Gasteiger partial charge in [0.1, 0.15) is 11.9 Å². The molecule has 1 amide bonds. The highest BCUT2D eigenvalue weighted by Crippen LogP contribution is 2.10. The number of hydrogen-bond donors (Lipinski definition) is 2. The second-order valence-corrected chi connectivity index (χ2v) is 4.18. The van der Waals surface area contributed by atoms with Crippen LogP contribution in [-0.2, 0) is 16.1 Å². The first-order valence-corrected chi connectivity index (χ1v) is 6.27. The van der Waals surface area contributed by atoms with E-state index < -0.39 is 11.9 Å². The topological polar surface area (TPSA) is 58.6 Å². The van der Waals surface area contributed by atoms with Gasteiger partial charge in [-0.15, -0.1) is 0 Å². The molecule has 4 nitrogen and oxygen atoms in total. The van der Waals surface area contributed by atoms with Crippen molar-refractivity contribution >= 4 is 5.91 Å². The van der Waals surface area contributed by atoms with Gasteiger partial charge in [0.05, 0.1) is 6.61 Å². The Bertz CT molecular complexity index is 520. The van der Waals surface area contributed by atoms with Crippen LogP contribution in [0.3, 0.4) is 0 Å². The number of carbonyl (C=O) groups is 1. The molecule has 0 aliphatic rings. The first kappa shape index (κ1) is 16.2. The summed E-state index contributed by atoms with van der Waals surface area (Å²) in [4.78, 5) is 11.5. The molecule has 0 spiro atoms. The fourth-order valence-electron chi connectivity index (χ4n) is 1.44. The number of carbonyl (C=O) groups excluding carboxylic acids is 1. The summed E-state index contributed by atoms with van der Waals surface area (Å²) in [5.74, 6) is 4.88. The minimum Gasteiger partial charge on any atom is -0.395 e. The summed E-state index contributed by atoms with van der Waals surface area (Å²) in [5, 5.41) is 11.2. The Balaban J connectivity index is 2.72. The van der Waals surface area contributed by atoms with E-state index in [1.807, 2.05) is 0 Å². The Labute approximate surface area is 117 Å². The molecule has 0 aliphatic carbocycles. The van der Waals surface area contributed by atoms with Gasteiger partial charge in [-0.05, 0) is 25.1 Å². The van der Waals surface area contributed by atoms with Crippen molar-refractivity contribution in [3.63, 3.8) is 0 Å². The Hall–Kier alpha value is -1.90. The second-order valence-electron chi connectivity index (χ2n) is 4.18. The van der Waals surface area contributed by atoms with Gasteiger partial charge in [-0.3, -0.25) is 4.79 Å². The standard InChI is InChI=1S/C15H18FNO3/c1-11(20-2)15(19)17-10-13-9-12(5-3-4-8-18)6-7-14(13)16/h6-7,9,11,18H,4,8,10H2,1-2H3,(H,17,19). The fraction of sp³-hybridized carbons (Fsp3) is 0.400. The van der Waals surface area contributed by atoms with Gasteiger partial charge in [0.15, 0.2) is 0 Å². The van der Waals surface area contributed by atoms with Crippen molar-refractivity contribution in [2.24, 2.45) is 0 Å². The third-order valence-electron chi connectivity index (χ3n) is 2.69. The van der Waals surface area contributed by atoms with Crippen molar-refractivity contribution in [3.8, 4) is 11.8 Å². The fourth-order valence-corrected chi connectivity index (χ4v) is 1.44. The summed E-state index contributed by atoms with van der Waals surface area (Å²) >= 11 is 0. The van der Waals surface area contributed by atoms with E-state index in [0.717, 1.165) is 0 Å². The molecule has 1 aromatic carbocycles. The number of aliphatic hydroxyl groups excluding tert-OH is 1. The highest BCUT2D eigenvalue weighted by Gasteiger charge is 2.11. The molecule has 0 bridgehead atoms. The Morgan fingerprint density at radius 3 is 2.95 bits per heavy atom. The molecule has 0 saturated carbocycles. The van der Waals surface area contributed by atoms with Gasteiger partial charge in [0.2, 0.25) is 5.91 Å². The van der Waals surface area contributed by atoms with Crippen LogP contribution in [0.2, 0.25) is 0 Å². The summed E-state index contributed by atoms with van der Waals surface area (Å²) in [6, 6.07) is 4.45. The maximum Gasteiger partial charge on any atom is 0.249 e. The summed E-state index contributed by atoms with van der Waals surface area (Å²) < 4.78 is 18.5. The molecule has 2 N–H and O–H groups in total. The molecule has 5 heteroatoms. The molecule has 1 unspecified atom stereocenters. The zero-order chi connectivity index (χ0) is 15.0. The zero-order valence-corrected chi connectivity index (χ0v) is 11.6. The zero-order valence-electron chi connectivity index (χ0n) is 11.6. The van der Waals surface area contributed by atoms with Crippen molar-refractivity contribution < 1.29 is 19.0 Å². The Kier molecular flexibility index (Phi) is 6.71. The summed E-state index contributed by atoms with van der Waals surface area (Å²) in [5.41, 5.74) is 1.00. The van der Waals surface area contributed by atoms with Crippen LogP contribution >= 0.6 is 0 Å². The van der Waals surface area contributed by atoms with Crippen LogP contribution in [0.5, 0.6) is 0 Å². The minimum absolute atomic E-state index is 0.00792. The number of benzene rings is 1. The number of aliphatic hydroxyl groups is 1. The van der Waals surface area contributed by atoms with Crippen molar-refractivity contribution in [2.45, 2.75) is 26.0 Å². The molecular weight excluding hydrogens is 261 g/mol. The van der Waals surface area contributed by atoms with Crippen molar-refractivity contribution in [1.82, 2.24) is 5.32 Å². The van der Waals surface area contributed by atoms with Gasteiger partial charge in [0, 0.05) is 31.2 Å². The highest BCUT2D eigenvalue weighted by atomic mass is 19.1. The van der Waals surface area contributed by atoms with Crippen LogP contribution in [0.1, 0.15) is 24.5 Å². The lowest BCUT2D eigenvalue weighted by Crippen LogP contribution is -2.33.